The third-order valence-corrected chi connectivity index (χ3v) is 6.89. The summed E-state index contributed by atoms with van der Waals surface area (Å²) in [6, 6.07) is 6.75. The topological polar surface area (TPSA) is 74.0 Å². The summed E-state index contributed by atoms with van der Waals surface area (Å²) in [5, 5.41) is 14.2. The Hall–Kier alpha value is -2.63. The molecule has 0 amide bonds. The Morgan fingerprint density at radius 1 is 1.43 bits per heavy atom. The molecule has 0 aliphatic carbocycles. The molecule has 1 aliphatic rings. The van der Waals surface area contributed by atoms with Gasteiger partial charge in [-0.2, -0.15) is 5.26 Å². The first-order valence-corrected chi connectivity index (χ1v) is 10.9. The second-order valence-corrected chi connectivity index (χ2v) is 9.29. The van der Waals surface area contributed by atoms with Crippen molar-refractivity contribution in [3.8, 4) is 6.07 Å². The zero-order valence-corrected chi connectivity index (χ0v) is 18.4. The normalized spacial score (nSPS) is 19.1. The van der Waals surface area contributed by atoms with Crippen molar-refractivity contribution >= 4 is 44.7 Å². The van der Waals surface area contributed by atoms with Crippen LogP contribution in [0.2, 0.25) is 5.02 Å². The van der Waals surface area contributed by atoms with Gasteiger partial charge in [0.25, 0.3) is 5.56 Å². The van der Waals surface area contributed by atoms with E-state index < -0.39 is 0 Å². The summed E-state index contributed by atoms with van der Waals surface area (Å²) in [5.41, 5.74) is 1.55. The Balaban J connectivity index is 1.65. The van der Waals surface area contributed by atoms with E-state index in [9.17, 15) is 14.4 Å². The summed E-state index contributed by atoms with van der Waals surface area (Å²) < 4.78 is 15.7. The van der Waals surface area contributed by atoms with Crippen LogP contribution in [-0.2, 0) is 7.05 Å². The molecule has 30 heavy (non-hydrogen) atoms. The maximum Gasteiger partial charge on any atom is 0.271 e. The zero-order chi connectivity index (χ0) is 21.6. The quantitative estimate of drug-likeness (QED) is 0.650. The Labute approximate surface area is 182 Å². The molecular formula is C21H21ClFN5OS. The Bertz CT molecular complexity index is 1230. The third kappa shape index (κ3) is 3.53. The highest BCUT2D eigenvalue weighted by Crippen LogP contribution is 2.34. The number of nitrogens with zero attached hydrogens (tertiary/aromatic N) is 4. The van der Waals surface area contributed by atoms with Gasteiger partial charge in [0, 0.05) is 31.2 Å². The third-order valence-electron chi connectivity index (χ3n) is 5.61. The van der Waals surface area contributed by atoms with Crippen LogP contribution in [0.25, 0.3) is 10.3 Å². The van der Waals surface area contributed by atoms with Gasteiger partial charge in [0.05, 0.1) is 16.4 Å². The SMILES string of the molecule is Cc1nc2c(N3CC[C@H](Nc4ccc(Cl)cc4F)[C@@H](C)C3)c(C#N)c(=O)n(C)c2s1. The molecule has 6 nitrogen and oxygen atoms in total. The average molecular weight is 446 g/mol. The van der Waals surface area contributed by atoms with Gasteiger partial charge in [-0.15, -0.1) is 11.3 Å². The van der Waals surface area contributed by atoms with E-state index in [1.165, 1.54) is 22.0 Å². The fraction of sp³-hybridized carbons (Fsp3) is 0.381. The predicted molar refractivity (Wildman–Crippen MR) is 119 cm³/mol. The van der Waals surface area contributed by atoms with Crippen LogP contribution in [-0.4, -0.2) is 28.7 Å². The second kappa shape index (κ2) is 7.89. The molecule has 3 aromatic rings. The number of rotatable bonds is 3. The smallest absolute Gasteiger partial charge is 0.271 e. The summed E-state index contributed by atoms with van der Waals surface area (Å²) in [6.45, 7) is 5.23. The van der Waals surface area contributed by atoms with E-state index in [4.69, 9.17) is 11.6 Å². The molecule has 156 valence electrons. The van der Waals surface area contributed by atoms with Crippen LogP contribution in [0.15, 0.2) is 23.0 Å². The average Bonchev–Trinajstić information content (AvgIpc) is 3.09. The van der Waals surface area contributed by atoms with E-state index in [1.807, 2.05) is 6.92 Å². The molecular weight excluding hydrogens is 425 g/mol. The van der Waals surface area contributed by atoms with E-state index in [0.717, 1.165) is 16.3 Å². The largest absolute Gasteiger partial charge is 0.380 e. The Kier molecular flexibility index (Phi) is 5.43. The van der Waals surface area contributed by atoms with Crippen molar-refractivity contribution in [1.82, 2.24) is 9.55 Å². The van der Waals surface area contributed by atoms with Crippen LogP contribution in [0.3, 0.4) is 0 Å². The fourth-order valence-corrected chi connectivity index (χ4v) is 5.09. The molecule has 0 saturated carbocycles. The maximum atomic E-state index is 14.2. The van der Waals surface area contributed by atoms with E-state index in [2.05, 4.69) is 28.2 Å². The van der Waals surface area contributed by atoms with Gasteiger partial charge in [-0.1, -0.05) is 18.5 Å². The number of hydrogen-bond donors (Lipinski definition) is 1. The van der Waals surface area contributed by atoms with Gasteiger partial charge >= 0.3 is 0 Å². The first kappa shape index (κ1) is 20.6. The number of hydrogen-bond acceptors (Lipinski definition) is 6. The molecule has 0 unspecified atom stereocenters. The van der Waals surface area contributed by atoms with Gasteiger partial charge in [0.15, 0.2) is 0 Å². The second-order valence-electron chi connectivity index (χ2n) is 7.67. The van der Waals surface area contributed by atoms with Crippen molar-refractivity contribution in [3.63, 3.8) is 0 Å². The highest BCUT2D eigenvalue weighted by molar-refractivity contribution is 7.18. The van der Waals surface area contributed by atoms with Crippen LogP contribution in [0.5, 0.6) is 0 Å². The van der Waals surface area contributed by atoms with Gasteiger partial charge in [0.2, 0.25) is 0 Å². The molecule has 1 aliphatic heterocycles. The minimum atomic E-state index is -0.380. The van der Waals surface area contributed by atoms with Gasteiger partial charge in [-0.25, -0.2) is 9.37 Å². The lowest BCUT2D eigenvalue weighted by Crippen LogP contribution is -2.46. The highest BCUT2D eigenvalue weighted by atomic mass is 35.5. The van der Waals surface area contributed by atoms with E-state index in [-0.39, 0.29) is 28.9 Å². The first-order chi connectivity index (χ1) is 14.3. The minimum absolute atomic E-state index is 0.0571. The lowest BCUT2D eigenvalue weighted by atomic mass is 9.92. The Morgan fingerprint density at radius 2 is 2.20 bits per heavy atom. The summed E-state index contributed by atoms with van der Waals surface area (Å²) in [7, 11) is 1.67. The zero-order valence-electron chi connectivity index (χ0n) is 16.9. The summed E-state index contributed by atoms with van der Waals surface area (Å²) >= 11 is 7.29. The number of benzene rings is 1. The van der Waals surface area contributed by atoms with E-state index >= 15 is 0 Å². The number of thiazole rings is 1. The molecule has 0 bridgehead atoms. The number of piperidine rings is 1. The van der Waals surface area contributed by atoms with Gasteiger partial charge in [-0.05, 0) is 37.5 Å². The highest BCUT2D eigenvalue weighted by Gasteiger charge is 2.31. The standard InChI is InChI=1S/C21H21ClFN5OS/c1-11-10-28(7-6-16(11)26-17-5-4-13(22)8-15(17)23)19-14(9-24)20(29)27(3)21-18(19)25-12(2)30-21/h4-5,8,11,16,26H,6-7,10H2,1-3H3/t11-,16-/m0/s1. The maximum absolute atomic E-state index is 14.2. The van der Waals surface area contributed by atoms with Crippen molar-refractivity contribution in [3.05, 3.63) is 50.0 Å². The fourth-order valence-electron chi connectivity index (χ4n) is 4.06. The molecule has 1 fully saturated rings. The number of aromatic nitrogens is 2. The minimum Gasteiger partial charge on any atom is -0.380 e. The number of halogens is 2. The van der Waals surface area contributed by atoms with Crippen molar-refractivity contribution in [2.24, 2.45) is 13.0 Å². The van der Waals surface area contributed by atoms with E-state index in [0.29, 0.717) is 35.0 Å². The first-order valence-electron chi connectivity index (χ1n) is 9.67. The monoisotopic (exact) mass is 445 g/mol. The summed E-state index contributed by atoms with van der Waals surface area (Å²) in [4.78, 5) is 20.2. The lowest BCUT2D eigenvalue weighted by Gasteiger charge is -2.39. The number of nitrogens with one attached hydrogen (secondary N) is 1. The van der Waals surface area contributed by atoms with Gasteiger partial charge in [0.1, 0.15) is 27.8 Å². The van der Waals surface area contributed by atoms with Crippen LogP contribution < -0.4 is 15.8 Å². The number of aryl methyl sites for hydroxylation is 2. The van der Waals surface area contributed by atoms with Crippen molar-refractivity contribution in [2.75, 3.05) is 23.3 Å². The summed E-state index contributed by atoms with van der Waals surface area (Å²) in [5.74, 6) is -0.227. The molecule has 3 heterocycles. The molecule has 2 aromatic heterocycles. The molecule has 9 heteroatoms. The number of nitriles is 1. The van der Waals surface area contributed by atoms with Gasteiger partial charge < -0.3 is 14.8 Å². The lowest BCUT2D eigenvalue weighted by molar-refractivity contribution is 0.403. The van der Waals surface area contributed by atoms with E-state index in [1.54, 1.807) is 19.2 Å². The van der Waals surface area contributed by atoms with Crippen LogP contribution >= 0.6 is 22.9 Å². The number of pyridine rings is 1. The molecule has 1 saturated heterocycles. The van der Waals surface area contributed by atoms with Crippen molar-refractivity contribution in [1.29, 1.82) is 5.26 Å². The number of fused-ring (bicyclic) bond motifs is 1. The molecule has 4 rings (SSSR count). The molecule has 0 radical (unpaired) electrons. The molecule has 1 aromatic carbocycles. The predicted octanol–water partition coefficient (Wildman–Crippen LogP) is 4.29. The van der Waals surface area contributed by atoms with Crippen LogP contribution in [0.4, 0.5) is 15.8 Å². The van der Waals surface area contributed by atoms with Gasteiger partial charge in [-0.3, -0.25) is 4.79 Å². The Morgan fingerprint density at radius 3 is 2.87 bits per heavy atom. The molecule has 0 spiro atoms. The van der Waals surface area contributed by atoms with Crippen LogP contribution in [0.1, 0.15) is 23.9 Å². The van der Waals surface area contributed by atoms with Crippen molar-refractivity contribution in [2.45, 2.75) is 26.3 Å². The molecule has 1 N–H and O–H groups in total. The number of anilines is 2. The summed E-state index contributed by atoms with van der Waals surface area (Å²) in [6.07, 6.45) is 0.730. The van der Waals surface area contributed by atoms with Crippen molar-refractivity contribution < 1.29 is 4.39 Å². The van der Waals surface area contributed by atoms with Crippen LogP contribution in [0, 0.1) is 30.0 Å². The molecule has 2 atom stereocenters.